The standard InChI is InChI=1S/C6H13NO4S2/c1-6(2)4-5-12(8,9)7(3)13(6,10)11/h4-5H2,1-3H3. The van der Waals surface area contributed by atoms with Crippen molar-refractivity contribution >= 4 is 20.0 Å². The van der Waals surface area contributed by atoms with E-state index in [-0.39, 0.29) is 12.2 Å². The van der Waals surface area contributed by atoms with Crippen LogP contribution in [-0.4, -0.2) is 38.1 Å². The zero-order valence-corrected chi connectivity index (χ0v) is 9.44. The SMILES string of the molecule is CN1S(=O)(=O)CCC(C)(C)S1(=O)=O. The first kappa shape index (κ1) is 10.9. The first-order chi connectivity index (χ1) is 5.61. The molecule has 0 aromatic rings. The second kappa shape index (κ2) is 2.68. The van der Waals surface area contributed by atoms with Crippen molar-refractivity contribution in [2.45, 2.75) is 25.0 Å². The number of hydrogen-bond donors (Lipinski definition) is 0. The lowest BCUT2D eigenvalue weighted by Crippen LogP contribution is -2.51. The van der Waals surface area contributed by atoms with Crippen molar-refractivity contribution in [2.75, 3.05) is 12.8 Å². The Morgan fingerprint density at radius 3 is 2.00 bits per heavy atom. The van der Waals surface area contributed by atoms with Gasteiger partial charge in [-0.1, -0.05) is 3.71 Å². The zero-order chi connectivity index (χ0) is 10.5. The maximum absolute atomic E-state index is 11.6. The monoisotopic (exact) mass is 227 g/mol. The van der Waals surface area contributed by atoms with E-state index >= 15 is 0 Å². The fourth-order valence-electron chi connectivity index (χ4n) is 1.13. The zero-order valence-electron chi connectivity index (χ0n) is 7.81. The van der Waals surface area contributed by atoms with Gasteiger partial charge in [-0.3, -0.25) is 0 Å². The summed E-state index contributed by atoms with van der Waals surface area (Å²) in [6.07, 6.45) is 0.155. The third kappa shape index (κ3) is 1.49. The Bertz CT molecular complexity index is 406. The van der Waals surface area contributed by atoms with Gasteiger partial charge in [-0.25, -0.2) is 16.8 Å². The van der Waals surface area contributed by atoms with Crippen molar-refractivity contribution in [3.8, 4) is 0 Å². The van der Waals surface area contributed by atoms with Gasteiger partial charge in [0.15, 0.2) is 0 Å². The first-order valence-electron chi connectivity index (χ1n) is 3.83. The Morgan fingerprint density at radius 2 is 1.62 bits per heavy atom. The molecule has 1 fully saturated rings. The van der Waals surface area contributed by atoms with E-state index in [9.17, 15) is 16.8 Å². The predicted molar refractivity (Wildman–Crippen MR) is 49.2 cm³/mol. The maximum atomic E-state index is 11.6. The van der Waals surface area contributed by atoms with Gasteiger partial charge in [0, 0.05) is 7.05 Å². The summed E-state index contributed by atoms with van der Waals surface area (Å²) in [5.74, 6) is -0.101. The number of rotatable bonds is 0. The number of nitrogens with zero attached hydrogens (tertiary/aromatic N) is 1. The number of sulfonamides is 2. The molecule has 1 saturated heterocycles. The number of hydrogen-bond acceptors (Lipinski definition) is 4. The average molecular weight is 227 g/mol. The third-order valence-corrected chi connectivity index (χ3v) is 7.44. The molecule has 13 heavy (non-hydrogen) atoms. The topological polar surface area (TPSA) is 71.5 Å². The van der Waals surface area contributed by atoms with Crippen molar-refractivity contribution in [3.63, 3.8) is 0 Å². The Hall–Kier alpha value is -0.140. The minimum Gasteiger partial charge on any atom is -0.211 e. The molecule has 0 unspecified atom stereocenters. The Kier molecular flexibility index (Phi) is 2.25. The van der Waals surface area contributed by atoms with E-state index in [0.29, 0.717) is 3.71 Å². The van der Waals surface area contributed by atoms with Crippen LogP contribution in [0.3, 0.4) is 0 Å². The Morgan fingerprint density at radius 1 is 1.15 bits per heavy atom. The summed E-state index contributed by atoms with van der Waals surface area (Å²) in [7, 11) is -6.21. The van der Waals surface area contributed by atoms with Crippen molar-refractivity contribution < 1.29 is 16.8 Å². The molecule has 0 aliphatic carbocycles. The molecule has 78 valence electrons. The predicted octanol–water partition coefficient (Wildman–Crippen LogP) is -0.240. The molecule has 1 aliphatic rings. The summed E-state index contributed by atoms with van der Waals surface area (Å²) < 4.78 is 45.2. The highest BCUT2D eigenvalue weighted by Crippen LogP contribution is 2.31. The fraction of sp³-hybridized carbons (Fsp3) is 1.00. The van der Waals surface area contributed by atoms with Gasteiger partial charge in [-0.05, 0) is 20.3 Å². The smallest absolute Gasteiger partial charge is 0.211 e. The van der Waals surface area contributed by atoms with E-state index in [1.165, 1.54) is 13.8 Å². The minimum atomic E-state index is -3.70. The molecule has 0 N–H and O–H groups in total. The van der Waals surface area contributed by atoms with Crippen molar-refractivity contribution in [3.05, 3.63) is 0 Å². The van der Waals surface area contributed by atoms with Crippen molar-refractivity contribution in [1.29, 1.82) is 0 Å². The van der Waals surface area contributed by atoms with E-state index in [0.717, 1.165) is 7.05 Å². The van der Waals surface area contributed by atoms with Gasteiger partial charge >= 0.3 is 0 Å². The van der Waals surface area contributed by atoms with E-state index in [1.54, 1.807) is 0 Å². The summed E-state index contributed by atoms with van der Waals surface area (Å²) in [5.41, 5.74) is 0. The van der Waals surface area contributed by atoms with Crippen LogP contribution in [0.15, 0.2) is 0 Å². The minimum absolute atomic E-state index is 0.101. The summed E-state index contributed by atoms with van der Waals surface area (Å²) in [6.45, 7) is 3.07. The van der Waals surface area contributed by atoms with Crippen molar-refractivity contribution in [1.82, 2.24) is 3.71 Å². The molecule has 7 heteroatoms. The molecule has 0 bridgehead atoms. The van der Waals surface area contributed by atoms with Crippen LogP contribution in [0.5, 0.6) is 0 Å². The molecule has 0 aromatic carbocycles. The van der Waals surface area contributed by atoms with Crippen LogP contribution in [0.2, 0.25) is 0 Å². The lowest BCUT2D eigenvalue weighted by atomic mass is 10.1. The van der Waals surface area contributed by atoms with Crippen LogP contribution in [0.25, 0.3) is 0 Å². The molecule has 0 saturated carbocycles. The molecule has 1 heterocycles. The highest BCUT2D eigenvalue weighted by molar-refractivity contribution is 8.05. The Balaban J connectivity index is 3.32. The summed E-state index contributed by atoms with van der Waals surface area (Å²) in [6, 6.07) is 0. The van der Waals surface area contributed by atoms with Gasteiger partial charge in [0.1, 0.15) is 0 Å². The lowest BCUT2D eigenvalue weighted by molar-refractivity contribution is 0.467. The van der Waals surface area contributed by atoms with Gasteiger partial charge in [-0.15, -0.1) is 0 Å². The van der Waals surface area contributed by atoms with E-state index in [4.69, 9.17) is 0 Å². The van der Waals surface area contributed by atoms with Gasteiger partial charge in [-0.2, -0.15) is 0 Å². The maximum Gasteiger partial charge on any atom is 0.232 e. The molecular weight excluding hydrogens is 214 g/mol. The summed E-state index contributed by atoms with van der Waals surface area (Å²) in [5, 5.41) is 0. The van der Waals surface area contributed by atoms with E-state index < -0.39 is 24.8 Å². The second-order valence-corrected chi connectivity index (χ2v) is 8.66. The van der Waals surface area contributed by atoms with Crippen LogP contribution in [0.1, 0.15) is 20.3 Å². The molecule has 0 spiro atoms. The largest absolute Gasteiger partial charge is 0.232 e. The van der Waals surface area contributed by atoms with Crippen molar-refractivity contribution in [2.24, 2.45) is 0 Å². The Labute approximate surface area is 78.8 Å². The van der Waals surface area contributed by atoms with E-state index in [1.807, 2.05) is 0 Å². The normalized spacial score (nSPS) is 31.3. The second-order valence-electron chi connectivity index (χ2n) is 3.71. The molecule has 5 nitrogen and oxygen atoms in total. The molecule has 1 rings (SSSR count). The summed E-state index contributed by atoms with van der Waals surface area (Å²) >= 11 is 0. The molecule has 1 aliphatic heterocycles. The quantitative estimate of drug-likeness (QED) is 0.572. The first-order valence-corrected chi connectivity index (χ1v) is 6.87. The van der Waals surface area contributed by atoms with E-state index in [2.05, 4.69) is 0 Å². The highest BCUT2D eigenvalue weighted by Gasteiger charge is 2.47. The molecule has 0 atom stereocenters. The van der Waals surface area contributed by atoms with Gasteiger partial charge in [0.25, 0.3) is 0 Å². The molecular formula is C6H13NO4S2. The van der Waals surface area contributed by atoms with Gasteiger partial charge < -0.3 is 0 Å². The van der Waals surface area contributed by atoms with Crippen LogP contribution >= 0.6 is 0 Å². The fourth-order valence-corrected chi connectivity index (χ4v) is 5.37. The molecule has 0 aromatic heterocycles. The summed E-state index contributed by atoms with van der Waals surface area (Å²) in [4.78, 5) is 0. The van der Waals surface area contributed by atoms with Crippen LogP contribution in [0, 0.1) is 0 Å². The van der Waals surface area contributed by atoms with Gasteiger partial charge in [0.2, 0.25) is 20.0 Å². The third-order valence-electron chi connectivity index (χ3n) is 2.39. The molecule has 0 amide bonds. The molecule has 0 radical (unpaired) electrons. The van der Waals surface area contributed by atoms with Gasteiger partial charge in [0.05, 0.1) is 10.5 Å². The van der Waals surface area contributed by atoms with Crippen LogP contribution in [-0.2, 0) is 20.0 Å². The highest BCUT2D eigenvalue weighted by atomic mass is 32.3. The van der Waals surface area contributed by atoms with Crippen LogP contribution < -0.4 is 0 Å². The average Bonchev–Trinajstić information content (AvgIpc) is 1.97. The lowest BCUT2D eigenvalue weighted by Gasteiger charge is -2.34. The van der Waals surface area contributed by atoms with Crippen LogP contribution in [0.4, 0.5) is 0 Å².